The summed E-state index contributed by atoms with van der Waals surface area (Å²) in [4.78, 5) is 23.1. The highest BCUT2D eigenvalue weighted by Crippen LogP contribution is 2.28. The van der Waals surface area contributed by atoms with Crippen LogP contribution in [-0.4, -0.2) is 26.8 Å². The Labute approximate surface area is 194 Å². The molecular weight excluding hydrogens is 477 g/mol. The Kier molecular flexibility index (Phi) is 7.24. The van der Waals surface area contributed by atoms with Gasteiger partial charge in [-0.3, -0.25) is 14.3 Å². The third kappa shape index (κ3) is 6.13. The number of halogens is 2. The van der Waals surface area contributed by atoms with Crippen molar-refractivity contribution < 1.29 is 22.7 Å². The van der Waals surface area contributed by atoms with E-state index >= 15 is 0 Å². The quantitative estimate of drug-likeness (QED) is 0.438. The van der Waals surface area contributed by atoms with Gasteiger partial charge < -0.3 is 15.8 Å². The first kappa shape index (κ1) is 23.4. The Morgan fingerprint density at radius 2 is 1.53 bits per heavy atom. The number of sulfonamides is 1. The molecule has 2 amide bonds. The highest BCUT2D eigenvalue weighted by molar-refractivity contribution is 7.92. The SMILES string of the molecule is NC(=O)c1ccc(NC(=O)COc2ccc(S(=O)(=O)Nc3ccc(Cl)cc3)cc2Cl)cc1. The second-order valence-electron chi connectivity index (χ2n) is 6.48. The highest BCUT2D eigenvalue weighted by Gasteiger charge is 2.17. The van der Waals surface area contributed by atoms with E-state index in [1.54, 1.807) is 12.1 Å². The largest absolute Gasteiger partial charge is 0.482 e. The summed E-state index contributed by atoms with van der Waals surface area (Å²) in [5.74, 6) is -0.917. The molecule has 0 aliphatic heterocycles. The number of nitrogens with two attached hydrogens (primary N) is 1. The molecule has 3 aromatic rings. The van der Waals surface area contributed by atoms with Crippen molar-refractivity contribution in [3.8, 4) is 5.75 Å². The van der Waals surface area contributed by atoms with Gasteiger partial charge in [-0.05, 0) is 66.7 Å². The lowest BCUT2D eigenvalue weighted by Gasteiger charge is -2.12. The lowest BCUT2D eigenvalue weighted by Crippen LogP contribution is -2.20. The summed E-state index contributed by atoms with van der Waals surface area (Å²) in [5, 5.41) is 3.08. The van der Waals surface area contributed by atoms with Crippen molar-refractivity contribution in [1.29, 1.82) is 0 Å². The molecule has 0 atom stereocenters. The molecule has 0 heterocycles. The number of carbonyl (C=O) groups is 2. The van der Waals surface area contributed by atoms with Gasteiger partial charge in [-0.2, -0.15) is 0 Å². The molecule has 0 unspecified atom stereocenters. The van der Waals surface area contributed by atoms with Crippen LogP contribution in [0.3, 0.4) is 0 Å². The van der Waals surface area contributed by atoms with Gasteiger partial charge in [-0.25, -0.2) is 8.42 Å². The van der Waals surface area contributed by atoms with E-state index in [1.165, 1.54) is 54.6 Å². The maximum absolute atomic E-state index is 12.5. The van der Waals surface area contributed by atoms with E-state index in [1.807, 2.05) is 0 Å². The van der Waals surface area contributed by atoms with Crippen molar-refractivity contribution in [2.24, 2.45) is 5.73 Å². The summed E-state index contributed by atoms with van der Waals surface area (Å²) in [6.45, 7) is -0.369. The number of amides is 2. The van der Waals surface area contributed by atoms with E-state index in [2.05, 4.69) is 10.0 Å². The molecule has 3 aromatic carbocycles. The highest BCUT2D eigenvalue weighted by atomic mass is 35.5. The molecule has 4 N–H and O–H groups in total. The predicted molar refractivity (Wildman–Crippen MR) is 123 cm³/mol. The molecule has 0 aliphatic carbocycles. The second-order valence-corrected chi connectivity index (χ2v) is 9.01. The molecule has 0 saturated heterocycles. The molecule has 32 heavy (non-hydrogen) atoms. The minimum Gasteiger partial charge on any atom is -0.482 e. The summed E-state index contributed by atoms with van der Waals surface area (Å²) in [7, 11) is -3.89. The van der Waals surface area contributed by atoms with Crippen molar-refractivity contribution in [3.05, 3.63) is 82.3 Å². The van der Waals surface area contributed by atoms with Gasteiger partial charge >= 0.3 is 0 Å². The van der Waals surface area contributed by atoms with Crippen LogP contribution in [0.1, 0.15) is 10.4 Å². The smallest absolute Gasteiger partial charge is 0.262 e. The molecule has 8 nitrogen and oxygen atoms in total. The van der Waals surface area contributed by atoms with Crippen molar-refractivity contribution in [2.45, 2.75) is 4.90 Å². The molecule has 0 aromatic heterocycles. The monoisotopic (exact) mass is 493 g/mol. The zero-order chi connectivity index (χ0) is 23.3. The van der Waals surface area contributed by atoms with Crippen LogP contribution in [-0.2, 0) is 14.8 Å². The van der Waals surface area contributed by atoms with Crippen LogP contribution in [0.25, 0.3) is 0 Å². The number of nitrogens with one attached hydrogen (secondary N) is 2. The van der Waals surface area contributed by atoms with Crippen molar-refractivity contribution in [2.75, 3.05) is 16.6 Å². The molecule has 0 fully saturated rings. The third-order valence-electron chi connectivity index (χ3n) is 4.12. The standard InChI is InChI=1S/C21H17Cl2N3O5S/c22-14-3-7-16(8-4-14)26-32(29,30)17-9-10-19(18(23)11-17)31-12-20(27)25-15-5-1-13(2-6-15)21(24)28/h1-11,26H,12H2,(H2,24,28)(H,25,27). The minimum atomic E-state index is -3.89. The number of carbonyl (C=O) groups excluding carboxylic acids is 2. The summed E-state index contributed by atoms with van der Waals surface area (Å²) < 4.78 is 32.9. The van der Waals surface area contributed by atoms with Crippen LogP contribution in [0.4, 0.5) is 11.4 Å². The zero-order valence-corrected chi connectivity index (χ0v) is 18.7. The predicted octanol–water partition coefficient (Wildman–Crippen LogP) is 3.91. The topological polar surface area (TPSA) is 128 Å². The average molecular weight is 494 g/mol. The number of benzene rings is 3. The number of hydrogen-bond acceptors (Lipinski definition) is 5. The van der Waals surface area contributed by atoms with Crippen molar-refractivity contribution in [3.63, 3.8) is 0 Å². The summed E-state index contributed by atoms with van der Waals surface area (Å²) >= 11 is 11.9. The molecule has 11 heteroatoms. The van der Waals surface area contributed by atoms with Gasteiger partial charge in [0.25, 0.3) is 15.9 Å². The number of ether oxygens (including phenoxy) is 1. The number of hydrogen-bond donors (Lipinski definition) is 3. The van der Waals surface area contributed by atoms with Gasteiger partial charge in [-0.15, -0.1) is 0 Å². The Bertz CT molecular complexity index is 1250. The fourth-order valence-corrected chi connectivity index (χ4v) is 4.07. The molecule has 3 rings (SSSR count). The minimum absolute atomic E-state index is 0.0163. The Morgan fingerprint density at radius 1 is 0.906 bits per heavy atom. The first-order valence-corrected chi connectivity index (χ1v) is 11.3. The summed E-state index contributed by atoms with van der Waals surface area (Å²) in [6.07, 6.45) is 0. The molecule has 0 saturated carbocycles. The second kappa shape index (κ2) is 9.90. The van der Waals surface area contributed by atoms with E-state index in [0.717, 1.165) is 0 Å². The summed E-state index contributed by atoms with van der Waals surface area (Å²) in [6, 6.07) is 16.1. The maximum Gasteiger partial charge on any atom is 0.262 e. The van der Waals surface area contributed by atoms with Gasteiger partial charge in [0.15, 0.2) is 6.61 Å². The van der Waals surface area contributed by atoms with E-state index in [0.29, 0.717) is 22.0 Å². The van der Waals surface area contributed by atoms with Crippen molar-refractivity contribution >= 4 is 56.4 Å². The fraction of sp³-hybridized carbons (Fsp3) is 0.0476. The molecule has 0 aliphatic rings. The maximum atomic E-state index is 12.5. The molecule has 0 bridgehead atoms. The van der Waals surface area contributed by atoms with Gasteiger partial charge in [0.05, 0.1) is 9.92 Å². The van der Waals surface area contributed by atoms with Crippen LogP contribution < -0.4 is 20.5 Å². The van der Waals surface area contributed by atoms with E-state index in [-0.39, 0.29) is 22.3 Å². The summed E-state index contributed by atoms with van der Waals surface area (Å²) in [5.41, 5.74) is 6.27. The molecule has 0 spiro atoms. The zero-order valence-electron chi connectivity index (χ0n) is 16.3. The first-order valence-electron chi connectivity index (χ1n) is 9.04. The van der Waals surface area contributed by atoms with Gasteiger partial charge in [0, 0.05) is 22.0 Å². The fourth-order valence-electron chi connectivity index (χ4n) is 2.56. The molecule has 166 valence electrons. The van der Waals surface area contributed by atoms with Gasteiger partial charge in [0.2, 0.25) is 5.91 Å². The average Bonchev–Trinajstić information content (AvgIpc) is 2.74. The Hall–Kier alpha value is -3.27. The molecular formula is C21H17Cl2N3O5S. The van der Waals surface area contributed by atoms with Crippen LogP contribution in [0.2, 0.25) is 10.0 Å². The third-order valence-corrected chi connectivity index (χ3v) is 6.05. The van der Waals surface area contributed by atoms with E-state index in [9.17, 15) is 18.0 Å². The lowest BCUT2D eigenvalue weighted by molar-refractivity contribution is -0.118. The Morgan fingerprint density at radius 3 is 2.12 bits per heavy atom. The van der Waals surface area contributed by atoms with Gasteiger partial charge in [0.1, 0.15) is 5.75 Å². The van der Waals surface area contributed by atoms with Crippen LogP contribution >= 0.6 is 23.2 Å². The number of rotatable bonds is 8. The van der Waals surface area contributed by atoms with E-state index in [4.69, 9.17) is 33.7 Å². The Balaban J connectivity index is 1.61. The van der Waals surface area contributed by atoms with Crippen LogP contribution in [0.5, 0.6) is 5.75 Å². The van der Waals surface area contributed by atoms with Gasteiger partial charge in [-0.1, -0.05) is 23.2 Å². The normalized spacial score (nSPS) is 10.9. The first-order chi connectivity index (χ1) is 15.1. The number of anilines is 2. The van der Waals surface area contributed by atoms with E-state index < -0.39 is 21.8 Å². The van der Waals surface area contributed by atoms with Crippen LogP contribution in [0, 0.1) is 0 Å². The number of primary amides is 1. The molecule has 0 radical (unpaired) electrons. The van der Waals surface area contributed by atoms with Crippen LogP contribution in [0.15, 0.2) is 71.6 Å². The lowest BCUT2D eigenvalue weighted by atomic mass is 10.2. The van der Waals surface area contributed by atoms with Crippen molar-refractivity contribution in [1.82, 2.24) is 0 Å².